The molecule has 3 amide bonds. The van der Waals surface area contributed by atoms with E-state index in [1.807, 2.05) is 25.1 Å². The highest BCUT2D eigenvalue weighted by Crippen LogP contribution is 2.13. The molecule has 2 heterocycles. The maximum absolute atomic E-state index is 12.2. The number of aliphatic imine (C=N–C) groups is 2. The van der Waals surface area contributed by atoms with Gasteiger partial charge in [-0.25, -0.2) is 4.99 Å². The Morgan fingerprint density at radius 1 is 1.32 bits per heavy atom. The van der Waals surface area contributed by atoms with Crippen molar-refractivity contribution in [3.63, 3.8) is 0 Å². The largest absolute Gasteiger partial charge is 0.325 e. The third kappa shape index (κ3) is 4.99. The second-order valence-electron chi connectivity index (χ2n) is 5.67. The van der Waals surface area contributed by atoms with Crippen LogP contribution in [0.3, 0.4) is 0 Å². The number of amidine groups is 2. The number of carbonyl (C=O) groups excluding carboxylic acids is 3. The summed E-state index contributed by atoms with van der Waals surface area (Å²) < 4.78 is 0. The lowest BCUT2D eigenvalue weighted by Gasteiger charge is -2.14. The first-order valence-corrected chi connectivity index (χ1v) is 9.93. The molecule has 3 rings (SSSR count). The molecule has 8 nitrogen and oxygen atoms in total. The molecular weight excluding hydrogens is 398 g/mol. The SMILES string of the molecule is Cc1cccc(NC(=O)CSC2=NC(=N)C(=NC(=O)c3cccs3)C(=O)N2)c1. The maximum atomic E-state index is 12.2. The van der Waals surface area contributed by atoms with Crippen molar-refractivity contribution in [1.82, 2.24) is 5.32 Å². The summed E-state index contributed by atoms with van der Waals surface area (Å²) in [7, 11) is 0. The van der Waals surface area contributed by atoms with Gasteiger partial charge < -0.3 is 5.32 Å². The van der Waals surface area contributed by atoms with Crippen molar-refractivity contribution < 1.29 is 14.4 Å². The average molecular weight is 413 g/mol. The zero-order chi connectivity index (χ0) is 20.1. The summed E-state index contributed by atoms with van der Waals surface area (Å²) >= 11 is 2.17. The van der Waals surface area contributed by atoms with Gasteiger partial charge in [0.1, 0.15) is 0 Å². The fraction of sp³-hybridized carbons (Fsp3) is 0.111. The lowest BCUT2D eigenvalue weighted by atomic mass is 10.2. The van der Waals surface area contributed by atoms with Crippen LogP contribution in [0.4, 0.5) is 5.69 Å². The summed E-state index contributed by atoms with van der Waals surface area (Å²) in [5.41, 5.74) is 1.34. The Hall–Kier alpha value is -3.11. The van der Waals surface area contributed by atoms with Gasteiger partial charge in [-0.2, -0.15) is 4.99 Å². The summed E-state index contributed by atoms with van der Waals surface area (Å²) in [5, 5.41) is 14.9. The number of aryl methyl sites for hydroxylation is 1. The second-order valence-corrected chi connectivity index (χ2v) is 7.58. The number of hydrogen-bond donors (Lipinski definition) is 3. The minimum atomic E-state index is -0.702. The minimum absolute atomic E-state index is 0.000930. The van der Waals surface area contributed by atoms with E-state index in [9.17, 15) is 14.4 Å². The number of benzene rings is 1. The van der Waals surface area contributed by atoms with Crippen LogP contribution in [-0.4, -0.2) is 40.2 Å². The van der Waals surface area contributed by atoms with Crippen LogP contribution in [0.1, 0.15) is 15.2 Å². The number of thiophene rings is 1. The zero-order valence-electron chi connectivity index (χ0n) is 14.7. The van der Waals surface area contributed by atoms with Gasteiger partial charge in [0.15, 0.2) is 16.7 Å². The van der Waals surface area contributed by atoms with Crippen LogP contribution in [0, 0.1) is 12.3 Å². The minimum Gasteiger partial charge on any atom is -0.325 e. The predicted molar refractivity (Wildman–Crippen MR) is 112 cm³/mol. The van der Waals surface area contributed by atoms with Crippen molar-refractivity contribution >= 4 is 63.2 Å². The number of thioether (sulfide) groups is 1. The van der Waals surface area contributed by atoms with Crippen LogP contribution in [0.2, 0.25) is 0 Å². The molecule has 0 unspecified atom stereocenters. The molecule has 1 aliphatic heterocycles. The Labute approximate surface area is 168 Å². The molecule has 0 saturated heterocycles. The molecule has 1 aliphatic rings. The first-order chi connectivity index (χ1) is 13.4. The molecule has 142 valence electrons. The van der Waals surface area contributed by atoms with Crippen LogP contribution in [0.5, 0.6) is 0 Å². The van der Waals surface area contributed by atoms with Gasteiger partial charge in [0.05, 0.1) is 10.6 Å². The first kappa shape index (κ1) is 19.6. The van der Waals surface area contributed by atoms with E-state index in [0.29, 0.717) is 10.6 Å². The van der Waals surface area contributed by atoms with E-state index in [1.165, 1.54) is 11.3 Å². The van der Waals surface area contributed by atoms with Crippen molar-refractivity contribution in [3.8, 4) is 0 Å². The van der Waals surface area contributed by atoms with Gasteiger partial charge in [0.25, 0.3) is 11.8 Å². The van der Waals surface area contributed by atoms with Gasteiger partial charge in [-0.15, -0.1) is 11.3 Å². The van der Waals surface area contributed by atoms with Crippen LogP contribution in [0.25, 0.3) is 0 Å². The highest BCUT2D eigenvalue weighted by Gasteiger charge is 2.26. The second kappa shape index (κ2) is 8.72. The number of carbonyl (C=O) groups is 3. The van der Waals surface area contributed by atoms with Crippen molar-refractivity contribution in [2.75, 3.05) is 11.1 Å². The molecule has 0 spiro atoms. The molecule has 0 aliphatic carbocycles. The first-order valence-electron chi connectivity index (χ1n) is 8.07. The molecular formula is C18H15N5O3S2. The smallest absolute Gasteiger partial charge is 0.287 e. The third-order valence-corrected chi connectivity index (χ3v) is 5.19. The lowest BCUT2D eigenvalue weighted by Crippen LogP contribution is -2.43. The van der Waals surface area contributed by atoms with Crippen molar-refractivity contribution in [2.45, 2.75) is 6.92 Å². The summed E-state index contributed by atoms with van der Waals surface area (Å²) in [5.74, 6) is -2.00. The number of anilines is 1. The highest BCUT2D eigenvalue weighted by atomic mass is 32.2. The molecule has 0 fully saturated rings. The standard InChI is InChI=1S/C18H15N5O3S2/c1-10-4-2-5-11(8-10)20-13(24)9-28-18-22-15(19)14(17(26)23-18)21-16(25)12-6-3-7-27-12/h2-8H,9H2,1H3,(H,20,24)(H2,19,22,23,26). The summed E-state index contributed by atoms with van der Waals surface area (Å²) in [4.78, 5) is 44.2. The van der Waals surface area contributed by atoms with Crippen LogP contribution in [-0.2, 0) is 9.59 Å². The van der Waals surface area contributed by atoms with E-state index in [4.69, 9.17) is 5.41 Å². The molecule has 0 bridgehead atoms. The lowest BCUT2D eigenvalue weighted by molar-refractivity contribution is -0.114. The maximum Gasteiger partial charge on any atom is 0.287 e. The molecule has 10 heteroatoms. The van der Waals surface area contributed by atoms with Crippen molar-refractivity contribution in [2.24, 2.45) is 9.98 Å². The monoisotopic (exact) mass is 413 g/mol. The molecule has 2 aromatic rings. The van der Waals surface area contributed by atoms with E-state index >= 15 is 0 Å². The fourth-order valence-electron chi connectivity index (χ4n) is 2.23. The van der Waals surface area contributed by atoms with E-state index in [-0.39, 0.29) is 22.5 Å². The summed E-state index contributed by atoms with van der Waals surface area (Å²) in [6.07, 6.45) is 0. The Morgan fingerprint density at radius 2 is 2.14 bits per heavy atom. The van der Waals surface area contributed by atoms with Crippen molar-refractivity contribution in [1.29, 1.82) is 5.41 Å². The third-order valence-electron chi connectivity index (χ3n) is 3.46. The molecule has 0 atom stereocenters. The predicted octanol–water partition coefficient (Wildman–Crippen LogP) is 2.47. The van der Waals surface area contributed by atoms with Gasteiger partial charge in [0.2, 0.25) is 5.91 Å². The summed E-state index contributed by atoms with van der Waals surface area (Å²) in [6, 6.07) is 10.6. The van der Waals surface area contributed by atoms with Gasteiger partial charge >= 0.3 is 0 Å². The number of amides is 3. The Balaban J connectivity index is 1.60. The molecule has 0 radical (unpaired) electrons. The molecule has 1 aromatic heterocycles. The van der Waals surface area contributed by atoms with Gasteiger partial charge in [-0.05, 0) is 36.1 Å². The quantitative estimate of drug-likeness (QED) is 0.712. The Morgan fingerprint density at radius 3 is 2.82 bits per heavy atom. The number of nitrogens with zero attached hydrogens (tertiary/aromatic N) is 2. The van der Waals surface area contributed by atoms with Gasteiger partial charge in [-0.3, -0.25) is 25.1 Å². The van der Waals surface area contributed by atoms with E-state index in [0.717, 1.165) is 17.3 Å². The Kier molecular flexibility index (Phi) is 6.12. The highest BCUT2D eigenvalue weighted by molar-refractivity contribution is 8.14. The molecule has 1 aromatic carbocycles. The van der Waals surface area contributed by atoms with E-state index in [2.05, 4.69) is 20.6 Å². The molecule has 3 N–H and O–H groups in total. The molecule has 28 heavy (non-hydrogen) atoms. The topological polar surface area (TPSA) is 124 Å². The normalized spacial score (nSPS) is 15.2. The van der Waals surface area contributed by atoms with E-state index in [1.54, 1.807) is 23.6 Å². The Bertz CT molecular complexity index is 1010. The fourth-order valence-corrected chi connectivity index (χ4v) is 3.50. The van der Waals surface area contributed by atoms with Crippen molar-refractivity contribution in [3.05, 3.63) is 52.2 Å². The number of rotatable bonds is 4. The van der Waals surface area contributed by atoms with Crippen LogP contribution < -0.4 is 10.6 Å². The molecule has 0 saturated carbocycles. The average Bonchev–Trinajstić information content (AvgIpc) is 3.18. The number of hydrogen-bond acceptors (Lipinski definition) is 6. The van der Waals surface area contributed by atoms with Crippen LogP contribution >= 0.6 is 23.1 Å². The number of nitrogens with one attached hydrogen (secondary N) is 3. The van der Waals surface area contributed by atoms with Gasteiger partial charge in [0, 0.05) is 5.69 Å². The van der Waals surface area contributed by atoms with E-state index < -0.39 is 17.6 Å². The van der Waals surface area contributed by atoms with Crippen LogP contribution in [0.15, 0.2) is 51.8 Å². The zero-order valence-corrected chi connectivity index (χ0v) is 16.3. The summed E-state index contributed by atoms with van der Waals surface area (Å²) in [6.45, 7) is 1.92. The van der Waals surface area contributed by atoms with Gasteiger partial charge in [-0.1, -0.05) is 30.0 Å².